The zero-order valence-corrected chi connectivity index (χ0v) is 18.6. The number of thiophene rings is 1. The van der Waals surface area contributed by atoms with Crippen LogP contribution in [0.1, 0.15) is 41.7 Å². The number of carbonyl (C=O) groups excluding carboxylic acids is 1. The summed E-state index contributed by atoms with van der Waals surface area (Å²) in [5.74, 6) is 0.933. The molecule has 158 valence electrons. The van der Waals surface area contributed by atoms with E-state index in [1.807, 2.05) is 12.1 Å². The van der Waals surface area contributed by atoms with Gasteiger partial charge in [0.15, 0.2) is 0 Å². The molecule has 0 radical (unpaired) electrons. The molecule has 2 aromatic heterocycles. The van der Waals surface area contributed by atoms with E-state index in [1.54, 1.807) is 17.5 Å². The molecule has 2 aliphatic rings. The van der Waals surface area contributed by atoms with Crippen LogP contribution in [0.4, 0.5) is 10.8 Å². The number of aryl methyl sites for hydroxylation is 1. The van der Waals surface area contributed by atoms with Crippen molar-refractivity contribution >= 4 is 39.7 Å². The summed E-state index contributed by atoms with van der Waals surface area (Å²) < 4.78 is 0. The van der Waals surface area contributed by atoms with Gasteiger partial charge in [0.1, 0.15) is 16.9 Å². The molecule has 4 rings (SSSR count). The van der Waals surface area contributed by atoms with E-state index < -0.39 is 0 Å². The van der Waals surface area contributed by atoms with Gasteiger partial charge in [0.25, 0.3) is 0 Å². The second-order valence-electron chi connectivity index (χ2n) is 7.84. The number of hydrogen-bond acceptors (Lipinski definition) is 6. The number of aromatic nitrogens is 1. The van der Waals surface area contributed by atoms with E-state index in [0.717, 1.165) is 62.8 Å². The number of amides is 1. The molecular weight excluding hydrogens is 418 g/mol. The van der Waals surface area contributed by atoms with Crippen LogP contribution in [0.3, 0.4) is 0 Å². The van der Waals surface area contributed by atoms with Crippen LogP contribution in [0.15, 0.2) is 18.3 Å². The predicted molar refractivity (Wildman–Crippen MR) is 121 cm³/mol. The molecule has 0 spiro atoms. The molecule has 8 heteroatoms. The third-order valence-electron chi connectivity index (χ3n) is 5.85. The molecule has 1 amide bonds. The summed E-state index contributed by atoms with van der Waals surface area (Å²) >= 11 is 7.51. The summed E-state index contributed by atoms with van der Waals surface area (Å²) in [5.41, 5.74) is 1.86. The first-order valence-corrected chi connectivity index (χ1v) is 11.8. The van der Waals surface area contributed by atoms with E-state index in [1.165, 1.54) is 23.3 Å². The number of fused-ring (bicyclic) bond motifs is 1. The number of nitriles is 1. The highest BCUT2D eigenvalue weighted by Crippen LogP contribution is 2.37. The first kappa shape index (κ1) is 21.1. The van der Waals surface area contributed by atoms with Crippen LogP contribution in [0.25, 0.3) is 0 Å². The summed E-state index contributed by atoms with van der Waals surface area (Å²) in [7, 11) is 0. The van der Waals surface area contributed by atoms with Gasteiger partial charge >= 0.3 is 0 Å². The van der Waals surface area contributed by atoms with Crippen molar-refractivity contribution in [3.8, 4) is 6.07 Å². The number of carbonyl (C=O) groups is 1. The molecule has 1 fully saturated rings. The van der Waals surface area contributed by atoms with Crippen LogP contribution in [0.2, 0.25) is 5.02 Å². The quantitative estimate of drug-likeness (QED) is 0.704. The van der Waals surface area contributed by atoms with E-state index in [0.29, 0.717) is 17.0 Å². The highest BCUT2D eigenvalue weighted by molar-refractivity contribution is 7.16. The third kappa shape index (κ3) is 4.94. The van der Waals surface area contributed by atoms with Crippen molar-refractivity contribution in [2.24, 2.45) is 0 Å². The Balaban J connectivity index is 1.27. The van der Waals surface area contributed by atoms with Gasteiger partial charge in [-0.25, -0.2) is 4.98 Å². The van der Waals surface area contributed by atoms with E-state index in [9.17, 15) is 10.1 Å². The van der Waals surface area contributed by atoms with Gasteiger partial charge in [0.2, 0.25) is 5.91 Å². The molecular formula is C22H26ClN5OS. The lowest BCUT2D eigenvalue weighted by atomic mass is 10.1. The van der Waals surface area contributed by atoms with Crippen LogP contribution in [0.5, 0.6) is 0 Å². The summed E-state index contributed by atoms with van der Waals surface area (Å²) in [6, 6.07) is 6.14. The predicted octanol–water partition coefficient (Wildman–Crippen LogP) is 4.09. The lowest BCUT2D eigenvalue weighted by molar-refractivity contribution is -0.116. The second kappa shape index (κ2) is 9.78. The lowest BCUT2D eigenvalue weighted by Gasteiger charge is -2.35. The Kier molecular flexibility index (Phi) is 6.88. The van der Waals surface area contributed by atoms with E-state index in [4.69, 9.17) is 11.6 Å². The van der Waals surface area contributed by atoms with E-state index in [-0.39, 0.29) is 5.91 Å². The van der Waals surface area contributed by atoms with Gasteiger partial charge in [0.05, 0.1) is 10.6 Å². The normalized spacial score (nSPS) is 17.1. The van der Waals surface area contributed by atoms with Crippen molar-refractivity contribution in [3.05, 3.63) is 39.4 Å². The van der Waals surface area contributed by atoms with Crippen LogP contribution >= 0.6 is 22.9 Å². The SMILES string of the molecule is N#Cc1c(NC(=O)CCN2CCN(c3ccc(Cl)cn3)CC2)sc2c1CCCCC2. The maximum Gasteiger partial charge on any atom is 0.226 e. The molecule has 0 atom stereocenters. The number of pyridine rings is 1. The highest BCUT2D eigenvalue weighted by Gasteiger charge is 2.22. The fourth-order valence-corrected chi connectivity index (χ4v) is 5.52. The Labute approximate surface area is 186 Å². The minimum absolute atomic E-state index is 0.00953. The summed E-state index contributed by atoms with van der Waals surface area (Å²) in [4.78, 5) is 22.8. The van der Waals surface area contributed by atoms with Crippen molar-refractivity contribution in [2.45, 2.75) is 38.5 Å². The molecule has 2 aromatic rings. The minimum Gasteiger partial charge on any atom is -0.354 e. The van der Waals surface area contributed by atoms with Crippen LogP contribution in [-0.4, -0.2) is 48.5 Å². The lowest BCUT2D eigenvalue weighted by Crippen LogP contribution is -2.47. The summed E-state index contributed by atoms with van der Waals surface area (Å²) in [6.07, 6.45) is 7.61. The summed E-state index contributed by atoms with van der Waals surface area (Å²) in [5, 5.41) is 14.0. The zero-order valence-electron chi connectivity index (χ0n) is 17.0. The number of hydrogen-bond donors (Lipinski definition) is 1. The molecule has 1 saturated heterocycles. The number of nitrogens with zero attached hydrogens (tertiary/aromatic N) is 4. The second-order valence-corrected chi connectivity index (χ2v) is 9.38. The molecule has 6 nitrogen and oxygen atoms in total. The molecule has 30 heavy (non-hydrogen) atoms. The van der Waals surface area contributed by atoms with Gasteiger partial charge in [-0.3, -0.25) is 9.69 Å². The van der Waals surface area contributed by atoms with Crippen molar-refractivity contribution in [1.82, 2.24) is 9.88 Å². The molecule has 1 aliphatic carbocycles. The minimum atomic E-state index is -0.00953. The molecule has 3 heterocycles. The number of halogens is 1. The van der Waals surface area contributed by atoms with E-state index >= 15 is 0 Å². The fraction of sp³-hybridized carbons (Fsp3) is 0.500. The van der Waals surface area contributed by atoms with Gasteiger partial charge in [-0.05, 0) is 43.4 Å². The zero-order chi connectivity index (χ0) is 20.9. The van der Waals surface area contributed by atoms with Crippen LogP contribution in [0, 0.1) is 11.3 Å². The summed E-state index contributed by atoms with van der Waals surface area (Å²) in [6.45, 7) is 4.28. The maximum atomic E-state index is 12.5. The van der Waals surface area contributed by atoms with Crippen molar-refractivity contribution in [2.75, 3.05) is 42.9 Å². The Hall–Kier alpha value is -2.14. The number of nitrogens with one attached hydrogen (secondary N) is 1. The number of anilines is 2. The highest BCUT2D eigenvalue weighted by atomic mass is 35.5. The molecule has 0 aromatic carbocycles. The molecule has 0 unspecified atom stereocenters. The Morgan fingerprint density at radius 1 is 1.20 bits per heavy atom. The van der Waals surface area contributed by atoms with Crippen molar-refractivity contribution in [1.29, 1.82) is 5.26 Å². The number of piperazine rings is 1. The van der Waals surface area contributed by atoms with Crippen molar-refractivity contribution in [3.63, 3.8) is 0 Å². The van der Waals surface area contributed by atoms with Crippen LogP contribution in [-0.2, 0) is 17.6 Å². The van der Waals surface area contributed by atoms with Gasteiger partial charge in [-0.2, -0.15) is 5.26 Å². The fourth-order valence-electron chi connectivity index (χ4n) is 4.15. The number of rotatable bonds is 5. The van der Waals surface area contributed by atoms with Gasteiger partial charge in [-0.15, -0.1) is 11.3 Å². The van der Waals surface area contributed by atoms with Gasteiger partial charge in [-0.1, -0.05) is 18.0 Å². The monoisotopic (exact) mass is 443 g/mol. The first-order chi connectivity index (χ1) is 14.6. The average Bonchev–Trinajstić information content (AvgIpc) is 2.92. The van der Waals surface area contributed by atoms with Gasteiger partial charge in [0, 0.05) is 50.2 Å². The molecule has 1 N–H and O–H groups in total. The van der Waals surface area contributed by atoms with Crippen molar-refractivity contribution < 1.29 is 4.79 Å². The Bertz CT molecular complexity index is 928. The standard InChI is InChI=1S/C22H26ClN5OS/c23-16-6-7-20(25-15-16)28-12-10-27(11-13-28)9-8-21(29)26-22-18(14-24)17-4-2-1-3-5-19(17)30-22/h6-7,15H,1-5,8-13H2,(H,26,29). The third-order valence-corrected chi connectivity index (χ3v) is 7.28. The van der Waals surface area contributed by atoms with Gasteiger partial charge < -0.3 is 10.2 Å². The smallest absolute Gasteiger partial charge is 0.226 e. The van der Waals surface area contributed by atoms with E-state index in [2.05, 4.69) is 26.2 Å². The maximum absolute atomic E-state index is 12.5. The largest absolute Gasteiger partial charge is 0.354 e. The topological polar surface area (TPSA) is 72.3 Å². The molecule has 1 aliphatic heterocycles. The Morgan fingerprint density at radius 3 is 2.73 bits per heavy atom. The Morgan fingerprint density at radius 2 is 2.00 bits per heavy atom. The average molecular weight is 444 g/mol. The van der Waals surface area contributed by atoms with Crippen LogP contribution < -0.4 is 10.2 Å². The molecule has 0 saturated carbocycles. The molecule has 0 bridgehead atoms. The first-order valence-electron chi connectivity index (χ1n) is 10.6.